The van der Waals surface area contributed by atoms with Gasteiger partial charge in [0, 0.05) is 10.0 Å². The van der Waals surface area contributed by atoms with Crippen LogP contribution in [0.15, 0.2) is 48.5 Å². The Morgan fingerprint density at radius 3 is 2.22 bits per heavy atom. The van der Waals surface area contributed by atoms with Crippen molar-refractivity contribution in [3.05, 3.63) is 69.7 Å². The van der Waals surface area contributed by atoms with E-state index in [1.165, 1.54) is 0 Å². The van der Waals surface area contributed by atoms with Gasteiger partial charge in [0.05, 0.1) is 12.0 Å². The highest BCUT2D eigenvalue weighted by atomic mass is 35.5. The lowest BCUT2D eigenvalue weighted by Crippen LogP contribution is -2.32. The first kappa shape index (κ1) is 21.3. The monoisotopic (exact) mass is 407 g/mol. The molecule has 0 unspecified atom stereocenters. The Morgan fingerprint density at radius 2 is 1.63 bits per heavy atom. The normalized spacial score (nSPS) is 13.1. The minimum atomic E-state index is -0.462. The molecule has 144 valence electrons. The van der Waals surface area contributed by atoms with Crippen molar-refractivity contribution in [3.63, 3.8) is 0 Å². The summed E-state index contributed by atoms with van der Waals surface area (Å²) in [4.78, 5) is 24.7. The van der Waals surface area contributed by atoms with E-state index in [2.05, 4.69) is 5.32 Å². The van der Waals surface area contributed by atoms with Crippen LogP contribution in [0.4, 0.5) is 0 Å². The van der Waals surface area contributed by atoms with Gasteiger partial charge in [-0.25, -0.2) is 0 Å². The van der Waals surface area contributed by atoms with Crippen LogP contribution in [0.2, 0.25) is 10.0 Å². The molecule has 0 fully saturated rings. The maximum absolute atomic E-state index is 12.5. The lowest BCUT2D eigenvalue weighted by atomic mass is 9.88. The molecule has 0 aliphatic rings. The van der Waals surface area contributed by atoms with E-state index in [-0.39, 0.29) is 24.5 Å². The number of rotatable bonds is 7. The molecule has 0 heterocycles. The van der Waals surface area contributed by atoms with Gasteiger partial charge in [-0.15, -0.1) is 0 Å². The van der Waals surface area contributed by atoms with Gasteiger partial charge in [0.25, 0.3) is 5.91 Å². The number of carbonyl (C=O) groups is 2. The molecule has 0 spiro atoms. The molecule has 0 bridgehead atoms. The van der Waals surface area contributed by atoms with Gasteiger partial charge in [0.1, 0.15) is 0 Å². The minimum absolute atomic E-state index is 0.0174. The molecule has 0 aliphatic carbocycles. The second-order valence-corrected chi connectivity index (χ2v) is 7.54. The van der Waals surface area contributed by atoms with Gasteiger partial charge in [-0.3, -0.25) is 9.59 Å². The number of hydrogen-bond donors (Lipinski definition) is 1. The Morgan fingerprint density at radius 1 is 1.00 bits per heavy atom. The maximum atomic E-state index is 12.5. The fourth-order valence-electron chi connectivity index (χ4n) is 2.88. The molecule has 0 aliphatic heterocycles. The molecular weight excluding hydrogens is 385 g/mol. The summed E-state index contributed by atoms with van der Waals surface area (Å²) in [6.07, 6.45) is 0. The predicted molar refractivity (Wildman–Crippen MR) is 108 cm³/mol. The summed E-state index contributed by atoms with van der Waals surface area (Å²) in [5, 5.41) is 3.96. The number of hydrogen-bond acceptors (Lipinski definition) is 3. The van der Waals surface area contributed by atoms with E-state index in [9.17, 15) is 9.59 Å². The van der Waals surface area contributed by atoms with Crippen LogP contribution in [0.3, 0.4) is 0 Å². The molecule has 2 aromatic rings. The zero-order chi connectivity index (χ0) is 20.0. The van der Waals surface area contributed by atoms with E-state index in [4.69, 9.17) is 27.9 Å². The average molecular weight is 408 g/mol. The quantitative estimate of drug-likeness (QED) is 0.645. The third kappa shape index (κ3) is 5.98. The molecule has 0 radical (unpaired) electrons. The summed E-state index contributed by atoms with van der Waals surface area (Å²) in [7, 11) is 0. The highest BCUT2D eigenvalue weighted by Gasteiger charge is 2.26. The summed E-state index contributed by atoms with van der Waals surface area (Å²) >= 11 is 12.0. The third-order valence-electron chi connectivity index (χ3n) is 4.24. The molecule has 2 atom stereocenters. The standard InChI is InChI=1S/C21H23Cl2NO3/c1-13(2)20(15-8-10-16(22)11-9-15)21(26)27-12-19(25)24-14(3)17-6-4-5-7-18(17)23/h4-11,13-14,20H,12H2,1-3H3,(H,24,25)/t14-,20-/m0/s1. The van der Waals surface area contributed by atoms with Crippen molar-refractivity contribution in [2.24, 2.45) is 5.92 Å². The average Bonchev–Trinajstić information content (AvgIpc) is 2.62. The number of ether oxygens (including phenoxy) is 1. The van der Waals surface area contributed by atoms with Gasteiger partial charge in [0.2, 0.25) is 0 Å². The lowest BCUT2D eigenvalue weighted by molar-refractivity contribution is -0.151. The number of nitrogens with one attached hydrogen (secondary N) is 1. The largest absolute Gasteiger partial charge is 0.455 e. The minimum Gasteiger partial charge on any atom is -0.455 e. The zero-order valence-corrected chi connectivity index (χ0v) is 17.1. The summed E-state index contributed by atoms with van der Waals surface area (Å²) in [6, 6.07) is 14.1. The summed E-state index contributed by atoms with van der Waals surface area (Å²) in [6.45, 7) is 5.34. The highest BCUT2D eigenvalue weighted by molar-refractivity contribution is 6.31. The van der Waals surface area contributed by atoms with E-state index in [1.54, 1.807) is 30.3 Å². The van der Waals surface area contributed by atoms with Crippen molar-refractivity contribution in [3.8, 4) is 0 Å². The SMILES string of the molecule is CC(C)[C@H](C(=O)OCC(=O)N[C@@H](C)c1ccccc1Cl)c1ccc(Cl)cc1. The van der Waals surface area contributed by atoms with Gasteiger partial charge < -0.3 is 10.1 Å². The van der Waals surface area contributed by atoms with Crippen LogP contribution >= 0.6 is 23.2 Å². The number of benzene rings is 2. The third-order valence-corrected chi connectivity index (χ3v) is 4.84. The van der Waals surface area contributed by atoms with Gasteiger partial charge >= 0.3 is 5.97 Å². The smallest absolute Gasteiger partial charge is 0.314 e. The lowest BCUT2D eigenvalue weighted by Gasteiger charge is -2.20. The molecule has 1 amide bonds. The van der Waals surface area contributed by atoms with Crippen molar-refractivity contribution in [2.75, 3.05) is 6.61 Å². The Bertz CT molecular complexity index is 790. The van der Waals surface area contributed by atoms with Crippen LogP contribution in [0.5, 0.6) is 0 Å². The summed E-state index contributed by atoms with van der Waals surface area (Å²) < 4.78 is 5.26. The van der Waals surface area contributed by atoms with E-state index in [0.29, 0.717) is 10.0 Å². The van der Waals surface area contributed by atoms with Crippen molar-refractivity contribution < 1.29 is 14.3 Å². The number of esters is 1. The van der Waals surface area contributed by atoms with Gasteiger partial charge in [-0.1, -0.05) is 67.4 Å². The van der Waals surface area contributed by atoms with Crippen molar-refractivity contribution in [1.82, 2.24) is 5.32 Å². The molecule has 4 nitrogen and oxygen atoms in total. The first-order valence-electron chi connectivity index (χ1n) is 8.75. The van der Waals surface area contributed by atoms with E-state index < -0.39 is 11.9 Å². The molecule has 2 aromatic carbocycles. The van der Waals surface area contributed by atoms with Gasteiger partial charge in [-0.2, -0.15) is 0 Å². The first-order chi connectivity index (χ1) is 12.8. The molecular formula is C21H23Cl2NO3. The summed E-state index contributed by atoms with van der Waals surface area (Å²) in [5.41, 5.74) is 1.62. The molecule has 6 heteroatoms. The highest BCUT2D eigenvalue weighted by Crippen LogP contribution is 2.27. The molecule has 0 saturated carbocycles. The van der Waals surface area contributed by atoms with Crippen LogP contribution < -0.4 is 5.32 Å². The zero-order valence-electron chi connectivity index (χ0n) is 15.5. The number of halogens is 2. The van der Waals surface area contributed by atoms with E-state index in [0.717, 1.165) is 11.1 Å². The van der Waals surface area contributed by atoms with Gasteiger partial charge in [0.15, 0.2) is 6.61 Å². The maximum Gasteiger partial charge on any atom is 0.314 e. The van der Waals surface area contributed by atoms with Gasteiger partial charge in [-0.05, 0) is 42.2 Å². The molecule has 1 N–H and O–H groups in total. The van der Waals surface area contributed by atoms with E-state index in [1.807, 2.05) is 39.0 Å². The van der Waals surface area contributed by atoms with Crippen LogP contribution in [-0.4, -0.2) is 18.5 Å². The second kappa shape index (κ2) is 9.77. The Hall–Kier alpha value is -2.04. The Labute approximate surface area is 169 Å². The Kier molecular flexibility index (Phi) is 7.69. The topological polar surface area (TPSA) is 55.4 Å². The molecule has 2 rings (SSSR count). The summed E-state index contributed by atoms with van der Waals surface area (Å²) in [5.74, 6) is -1.26. The number of carbonyl (C=O) groups excluding carboxylic acids is 2. The molecule has 0 saturated heterocycles. The number of amides is 1. The van der Waals surface area contributed by atoms with Crippen LogP contribution in [0.1, 0.15) is 43.9 Å². The van der Waals surface area contributed by atoms with Crippen LogP contribution in [-0.2, 0) is 14.3 Å². The van der Waals surface area contributed by atoms with Crippen LogP contribution in [0, 0.1) is 5.92 Å². The van der Waals surface area contributed by atoms with E-state index >= 15 is 0 Å². The predicted octanol–water partition coefficient (Wildman–Crippen LogP) is 5.15. The molecule has 27 heavy (non-hydrogen) atoms. The fraction of sp³-hybridized carbons (Fsp3) is 0.333. The van der Waals surface area contributed by atoms with Crippen molar-refractivity contribution >= 4 is 35.1 Å². The Balaban J connectivity index is 1.95. The molecule has 0 aromatic heterocycles. The fourth-order valence-corrected chi connectivity index (χ4v) is 3.30. The second-order valence-electron chi connectivity index (χ2n) is 6.69. The van der Waals surface area contributed by atoms with Crippen molar-refractivity contribution in [1.29, 1.82) is 0 Å². The van der Waals surface area contributed by atoms with Crippen molar-refractivity contribution in [2.45, 2.75) is 32.7 Å². The van der Waals surface area contributed by atoms with Crippen LogP contribution in [0.25, 0.3) is 0 Å². The first-order valence-corrected chi connectivity index (χ1v) is 9.51.